The summed E-state index contributed by atoms with van der Waals surface area (Å²) < 4.78 is 42.1. The van der Waals surface area contributed by atoms with Gasteiger partial charge in [-0.2, -0.15) is 4.31 Å². The van der Waals surface area contributed by atoms with Crippen LogP contribution in [0, 0.1) is 0 Å². The number of carbonyl (C=O) groups is 2. The number of anilines is 1. The van der Waals surface area contributed by atoms with E-state index in [1.807, 2.05) is 6.92 Å². The molecule has 1 aliphatic rings. The number of benzene rings is 1. The summed E-state index contributed by atoms with van der Waals surface area (Å²) in [7, 11) is -2.33. The Kier molecular flexibility index (Phi) is 7.97. The number of allylic oxidation sites excluding steroid dienone is 1. The maximum Gasteiger partial charge on any atom is 0.330 e. The van der Waals surface area contributed by atoms with E-state index in [0.29, 0.717) is 19.6 Å². The SMILES string of the molecule is CC/C=C/C(=O)OCC(=O)Nc1cc(S(=O)(=O)N2CCOCC2)ccc1OC. The number of sulfonamides is 1. The lowest BCUT2D eigenvalue weighted by Crippen LogP contribution is -2.40. The second-order valence-electron chi connectivity index (χ2n) is 5.85. The second-order valence-corrected chi connectivity index (χ2v) is 7.78. The Bertz CT molecular complexity index is 830. The van der Waals surface area contributed by atoms with Gasteiger partial charge in [-0.1, -0.05) is 13.0 Å². The largest absolute Gasteiger partial charge is 0.495 e. The van der Waals surface area contributed by atoms with Crippen LogP contribution in [-0.2, 0) is 29.1 Å². The van der Waals surface area contributed by atoms with Crippen molar-refractivity contribution < 1.29 is 32.2 Å². The number of carbonyl (C=O) groups excluding carboxylic acids is 2. The van der Waals surface area contributed by atoms with Gasteiger partial charge in [-0.05, 0) is 24.6 Å². The monoisotopic (exact) mass is 412 g/mol. The molecule has 0 saturated carbocycles. The number of nitrogens with one attached hydrogen (secondary N) is 1. The van der Waals surface area contributed by atoms with Gasteiger partial charge in [-0.3, -0.25) is 4.79 Å². The van der Waals surface area contributed by atoms with E-state index in [1.54, 1.807) is 6.08 Å². The number of rotatable bonds is 8. The highest BCUT2D eigenvalue weighted by atomic mass is 32.2. The van der Waals surface area contributed by atoms with Gasteiger partial charge in [0.1, 0.15) is 5.75 Å². The lowest BCUT2D eigenvalue weighted by atomic mass is 10.3. The van der Waals surface area contributed by atoms with E-state index in [-0.39, 0.29) is 29.4 Å². The number of ether oxygens (including phenoxy) is 3. The third-order valence-electron chi connectivity index (χ3n) is 3.89. The van der Waals surface area contributed by atoms with E-state index in [2.05, 4.69) is 5.32 Å². The van der Waals surface area contributed by atoms with Gasteiger partial charge in [0.2, 0.25) is 10.0 Å². The van der Waals surface area contributed by atoms with E-state index in [9.17, 15) is 18.0 Å². The maximum atomic E-state index is 12.8. The van der Waals surface area contributed by atoms with Crippen molar-refractivity contribution in [3.8, 4) is 5.75 Å². The molecule has 2 rings (SSSR count). The average Bonchev–Trinajstić information content (AvgIpc) is 2.71. The topological polar surface area (TPSA) is 111 Å². The fourth-order valence-corrected chi connectivity index (χ4v) is 3.90. The summed E-state index contributed by atoms with van der Waals surface area (Å²) in [4.78, 5) is 23.5. The van der Waals surface area contributed by atoms with Crippen molar-refractivity contribution in [3.05, 3.63) is 30.4 Å². The molecule has 1 amide bonds. The highest BCUT2D eigenvalue weighted by Gasteiger charge is 2.27. The van der Waals surface area contributed by atoms with Crippen LogP contribution in [0.3, 0.4) is 0 Å². The minimum Gasteiger partial charge on any atom is -0.495 e. The smallest absolute Gasteiger partial charge is 0.330 e. The number of esters is 1. The van der Waals surface area contributed by atoms with Crippen LogP contribution in [0.15, 0.2) is 35.2 Å². The van der Waals surface area contributed by atoms with Crippen molar-refractivity contribution in [2.24, 2.45) is 0 Å². The molecule has 0 aromatic heterocycles. The third-order valence-corrected chi connectivity index (χ3v) is 5.78. The molecule has 0 radical (unpaired) electrons. The molecule has 1 aromatic carbocycles. The van der Waals surface area contributed by atoms with E-state index in [0.717, 1.165) is 0 Å². The Labute approximate surface area is 164 Å². The zero-order chi connectivity index (χ0) is 20.6. The molecular weight excluding hydrogens is 388 g/mol. The Morgan fingerprint density at radius 1 is 1.29 bits per heavy atom. The number of nitrogens with zero attached hydrogens (tertiary/aromatic N) is 1. The lowest BCUT2D eigenvalue weighted by molar-refractivity contribution is -0.142. The van der Waals surface area contributed by atoms with Crippen LogP contribution in [0.5, 0.6) is 5.75 Å². The predicted octanol–water partition coefficient (Wildman–Crippen LogP) is 1.16. The fraction of sp³-hybridized carbons (Fsp3) is 0.444. The summed E-state index contributed by atoms with van der Waals surface area (Å²) in [5.74, 6) is -0.962. The van der Waals surface area contributed by atoms with E-state index >= 15 is 0 Å². The van der Waals surface area contributed by atoms with Gasteiger partial charge in [0.05, 0.1) is 30.9 Å². The molecule has 28 heavy (non-hydrogen) atoms. The molecule has 154 valence electrons. The second kappa shape index (κ2) is 10.2. The predicted molar refractivity (Wildman–Crippen MR) is 102 cm³/mol. The third kappa shape index (κ3) is 5.78. The highest BCUT2D eigenvalue weighted by Crippen LogP contribution is 2.29. The summed E-state index contributed by atoms with van der Waals surface area (Å²) in [6.45, 7) is 2.54. The molecule has 1 aliphatic heterocycles. The van der Waals surface area contributed by atoms with Crippen LogP contribution >= 0.6 is 0 Å². The van der Waals surface area contributed by atoms with Gasteiger partial charge in [-0.15, -0.1) is 0 Å². The van der Waals surface area contributed by atoms with Crippen LogP contribution in [-0.4, -0.2) is 64.6 Å². The number of amides is 1. The quantitative estimate of drug-likeness (QED) is 0.504. The van der Waals surface area contributed by atoms with Crippen LogP contribution in [0.25, 0.3) is 0 Å². The molecule has 1 fully saturated rings. The molecule has 0 bridgehead atoms. The normalized spacial score (nSPS) is 15.4. The van der Waals surface area contributed by atoms with E-state index in [1.165, 1.54) is 35.7 Å². The summed E-state index contributed by atoms with van der Waals surface area (Å²) in [6, 6.07) is 4.19. The van der Waals surface area contributed by atoms with Gasteiger partial charge in [0.15, 0.2) is 6.61 Å². The van der Waals surface area contributed by atoms with Crippen molar-refractivity contribution in [3.63, 3.8) is 0 Å². The molecular formula is C18H24N2O7S. The highest BCUT2D eigenvalue weighted by molar-refractivity contribution is 7.89. The van der Waals surface area contributed by atoms with Gasteiger partial charge in [0.25, 0.3) is 5.91 Å². The molecule has 0 unspecified atom stereocenters. The molecule has 0 atom stereocenters. The molecule has 0 spiro atoms. The van der Waals surface area contributed by atoms with Gasteiger partial charge >= 0.3 is 5.97 Å². The van der Waals surface area contributed by atoms with Crippen molar-refractivity contribution in [2.45, 2.75) is 18.2 Å². The Morgan fingerprint density at radius 2 is 2.00 bits per heavy atom. The zero-order valence-electron chi connectivity index (χ0n) is 15.8. The number of methoxy groups -OCH3 is 1. The van der Waals surface area contributed by atoms with Crippen molar-refractivity contribution in [2.75, 3.05) is 45.3 Å². The van der Waals surface area contributed by atoms with Crippen molar-refractivity contribution >= 4 is 27.6 Å². The molecule has 10 heteroatoms. The van der Waals surface area contributed by atoms with Crippen LogP contribution in [0.4, 0.5) is 5.69 Å². The van der Waals surface area contributed by atoms with Crippen LogP contribution in [0.1, 0.15) is 13.3 Å². The first-order chi connectivity index (χ1) is 13.4. The summed E-state index contributed by atoms with van der Waals surface area (Å²) in [5.41, 5.74) is 0.169. The van der Waals surface area contributed by atoms with E-state index < -0.39 is 28.5 Å². The fourth-order valence-electron chi connectivity index (χ4n) is 2.47. The Balaban J connectivity index is 2.13. The minimum absolute atomic E-state index is 0.0216. The standard InChI is InChI=1S/C18H24N2O7S/c1-3-4-5-18(22)27-13-17(21)19-15-12-14(6-7-16(15)25-2)28(23,24)20-8-10-26-11-9-20/h4-7,12H,3,8-11,13H2,1-2H3,(H,19,21)/b5-4+. The number of hydrogen-bond donors (Lipinski definition) is 1. The summed E-state index contributed by atoms with van der Waals surface area (Å²) >= 11 is 0. The van der Waals surface area contributed by atoms with Gasteiger partial charge in [-0.25, -0.2) is 13.2 Å². The van der Waals surface area contributed by atoms with Crippen LogP contribution < -0.4 is 10.1 Å². The van der Waals surface area contributed by atoms with Gasteiger partial charge in [0, 0.05) is 19.2 Å². The number of morpholine rings is 1. The first-order valence-electron chi connectivity index (χ1n) is 8.77. The minimum atomic E-state index is -3.73. The molecule has 1 aromatic rings. The Hall–Kier alpha value is -2.43. The summed E-state index contributed by atoms with van der Waals surface area (Å²) in [5, 5.41) is 2.52. The Morgan fingerprint density at radius 3 is 2.64 bits per heavy atom. The number of hydrogen-bond acceptors (Lipinski definition) is 7. The molecule has 0 aliphatic carbocycles. The first-order valence-corrected chi connectivity index (χ1v) is 10.2. The maximum absolute atomic E-state index is 12.8. The van der Waals surface area contributed by atoms with E-state index in [4.69, 9.17) is 14.2 Å². The average molecular weight is 412 g/mol. The van der Waals surface area contributed by atoms with Gasteiger partial charge < -0.3 is 19.5 Å². The zero-order valence-corrected chi connectivity index (χ0v) is 16.7. The first kappa shape index (κ1) is 21.9. The summed E-state index contributed by atoms with van der Waals surface area (Å²) in [6.07, 6.45) is 3.52. The molecule has 1 heterocycles. The molecule has 1 saturated heterocycles. The molecule has 9 nitrogen and oxygen atoms in total. The molecule has 1 N–H and O–H groups in total. The van der Waals surface area contributed by atoms with Crippen molar-refractivity contribution in [1.29, 1.82) is 0 Å². The van der Waals surface area contributed by atoms with Crippen molar-refractivity contribution in [1.82, 2.24) is 4.31 Å². The van der Waals surface area contributed by atoms with Crippen LogP contribution in [0.2, 0.25) is 0 Å². The lowest BCUT2D eigenvalue weighted by Gasteiger charge is -2.26.